The summed E-state index contributed by atoms with van der Waals surface area (Å²) < 4.78 is 0. The molecule has 13 heavy (non-hydrogen) atoms. The topological polar surface area (TPSA) is 23.8 Å². The van der Waals surface area contributed by atoms with Crippen LogP contribution < -0.4 is 0 Å². The zero-order chi connectivity index (χ0) is 10.0. The van der Waals surface area contributed by atoms with Crippen LogP contribution in [-0.2, 0) is 0 Å². The highest BCUT2D eigenvalue weighted by Crippen LogP contribution is 2.21. The number of hydrogen-bond donors (Lipinski definition) is 0. The lowest BCUT2D eigenvalue weighted by atomic mass is 9.95. The van der Waals surface area contributed by atoms with Gasteiger partial charge in [-0.3, -0.25) is 0 Å². The summed E-state index contributed by atoms with van der Waals surface area (Å²) in [5.41, 5.74) is 4.37. The maximum atomic E-state index is 8.90. The van der Waals surface area contributed by atoms with Gasteiger partial charge >= 0.3 is 0 Å². The van der Waals surface area contributed by atoms with Crippen LogP contribution in [0.3, 0.4) is 0 Å². The molecule has 68 valence electrons. The van der Waals surface area contributed by atoms with E-state index < -0.39 is 0 Å². The molecule has 0 aromatic heterocycles. The molecule has 0 saturated heterocycles. The Kier molecular flexibility index (Phi) is 2.72. The van der Waals surface area contributed by atoms with Crippen molar-refractivity contribution in [1.82, 2.24) is 0 Å². The Morgan fingerprint density at radius 1 is 1.23 bits per heavy atom. The lowest BCUT2D eigenvalue weighted by Crippen LogP contribution is -1.94. The van der Waals surface area contributed by atoms with E-state index in [1.165, 1.54) is 11.1 Å². The summed E-state index contributed by atoms with van der Waals surface area (Å²) in [6.45, 7) is 8.34. The number of nitrogens with zero attached hydrogens (tertiary/aromatic N) is 1. The first-order chi connectivity index (χ1) is 6.06. The van der Waals surface area contributed by atoms with Crippen molar-refractivity contribution >= 4 is 0 Å². The summed E-state index contributed by atoms with van der Waals surface area (Å²) in [5, 5.41) is 8.90. The largest absolute Gasteiger partial charge is 0.192 e. The fourth-order valence-electron chi connectivity index (χ4n) is 1.34. The molecule has 1 rings (SSSR count). The van der Waals surface area contributed by atoms with Gasteiger partial charge < -0.3 is 0 Å². The fraction of sp³-hybridized carbons (Fsp3) is 0.417. The fourth-order valence-corrected chi connectivity index (χ4v) is 1.34. The zero-order valence-corrected chi connectivity index (χ0v) is 8.68. The van der Waals surface area contributed by atoms with E-state index in [9.17, 15) is 0 Å². The van der Waals surface area contributed by atoms with Crippen molar-refractivity contribution in [1.29, 1.82) is 5.26 Å². The van der Waals surface area contributed by atoms with E-state index in [0.717, 1.165) is 11.1 Å². The second-order valence-electron chi connectivity index (χ2n) is 3.78. The van der Waals surface area contributed by atoms with Crippen LogP contribution in [0.25, 0.3) is 0 Å². The van der Waals surface area contributed by atoms with E-state index in [4.69, 9.17) is 5.26 Å². The summed E-state index contributed by atoms with van der Waals surface area (Å²) in [6, 6.07) is 6.39. The Morgan fingerprint density at radius 2 is 1.85 bits per heavy atom. The molecule has 0 heterocycles. The molecule has 0 unspecified atom stereocenters. The monoisotopic (exact) mass is 173 g/mol. The molecule has 0 amide bonds. The minimum Gasteiger partial charge on any atom is -0.192 e. The predicted octanol–water partition coefficient (Wildman–Crippen LogP) is 3.30. The summed E-state index contributed by atoms with van der Waals surface area (Å²) in [6.07, 6.45) is 0. The van der Waals surface area contributed by atoms with E-state index in [1.54, 1.807) is 0 Å². The van der Waals surface area contributed by atoms with Gasteiger partial charge in [-0.1, -0.05) is 19.9 Å². The van der Waals surface area contributed by atoms with Crippen LogP contribution in [0.1, 0.15) is 42.0 Å². The molecule has 0 aliphatic carbocycles. The van der Waals surface area contributed by atoms with Crippen LogP contribution in [0, 0.1) is 25.2 Å². The Bertz CT molecular complexity index is 356. The van der Waals surface area contributed by atoms with Crippen molar-refractivity contribution in [2.45, 2.75) is 33.6 Å². The predicted molar refractivity (Wildman–Crippen MR) is 54.7 cm³/mol. The highest BCUT2D eigenvalue weighted by Gasteiger charge is 2.05. The molecule has 0 atom stereocenters. The highest BCUT2D eigenvalue weighted by molar-refractivity contribution is 5.45. The number of benzene rings is 1. The van der Waals surface area contributed by atoms with Crippen LogP contribution in [0.5, 0.6) is 0 Å². The van der Waals surface area contributed by atoms with Crippen molar-refractivity contribution in [2.24, 2.45) is 0 Å². The Labute approximate surface area is 80.0 Å². The van der Waals surface area contributed by atoms with Gasteiger partial charge in [0.2, 0.25) is 0 Å². The summed E-state index contributed by atoms with van der Waals surface area (Å²) in [4.78, 5) is 0. The van der Waals surface area contributed by atoms with Gasteiger partial charge in [-0.2, -0.15) is 5.26 Å². The van der Waals surface area contributed by atoms with E-state index in [2.05, 4.69) is 32.9 Å². The highest BCUT2D eigenvalue weighted by atomic mass is 14.2. The summed E-state index contributed by atoms with van der Waals surface area (Å²) in [7, 11) is 0. The second-order valence-corrected chi connectivity index (χ2v) is 3.78. The third-order valence-corrected chi connectivity index (χ3v) is 2.48. The van der Waals surface area contributed by atoms with Gasteiger partial charge in [0.25, 0.3) is 0 Å². The molecule has 0 bridgehead atoms. The van der Waals surface area contributed by atoms with Gasteiger partial charge in [0, 0.05) is 0 Å². The standard InChI is InChI=1S/C12H15N/c1-8(2)11-5-9(3)10(4)12(6-11)7-13/h5-6,8H,1-4H3. The molecular formula is C12H15N. The molecule has 0 radical (unpaired) electrons. The van der Waals surface area contributed by atoms with Crippen LogP contribution in [0.2, 0.25) is 0 Å². The lowest BCUT2D eigenvalue weighted by molar-refractivity contribution is 0.863. The van der Waals surface area contributed by atoms with E-state index in [-0.39, 0.29) is 0 Å². The minimum absolute atomic E-state index is 0.492. The number of nitriles is 1. The van der Waals surface area contributed by atoms with Gasteiger partial charge in [-0.25, -0.2) is 0 Å². The second kappa shape index (κ2) is 3.62. The SMILES string of the molecule is Cc1cc(C(C)C)cc(C#N)c1C. The third-order valence-electron chi connectivity index (χ3n) is 2.48. The van der Waals surface area contributed by atoms with Crippen LogP contribution in [0.15, 0.2) is 12.1 Å². The smallest absolute Gasteiger partial charge is 0.0994 e. The normalized spacial score (nSPS) is 10.2. The first kappa shape index (κ1) is 9.80. The summed E-state index contributed by atoms with van der Waals surface area (Å²) >= 11 is 0. The molecule has 1 aromatic carbocycles. The molecule has 0 spiro atoms. The van der Waals surface area contributed by atoms with Gasteiger partial charge in [0.15, 0.2) is 0 Å². The van der Waals surface area contributed by atoms with Crippen LogP contribution in [-0.4, -0.2) is 0 Å². The van der Waals surface area contributed by atoms with E-state index in [0.29, 0.717) is 5.92 Å². The van der Waals surface area contributed by atoms with Gasteiger partial charge in [-0.15, -0.1) is 0 Å². The molecule has 1 nitrogen and oxygen atoms in total. The molecule has 0 N–H and O–H groups in total. The number of aryl methyl sites for hydroxylation is 1. The lowest BCUT2D eigenvalue weighted by Gasteiger charge is -2.09. The average molecular weight is 173 g/mol. The quantitative estimate of drug-likeness (QED) is 0.639. The first-order valence-corrected chi connectivity index (χ1v) is 4.57. The summed E-state index contributed by atoms with van der Waals surface area (Å²) in [5.74, 6) is 0.492. The molecular weight excluding hydrogens is 158 g/mol. The van der Waals surface area contributed by atoms with E-state index >= 15 is 0 Å². The molecule has 1 heteroatoms. The maximum absolute atomic E-state index is 8.90. The number of rotatable bonds is 1. The Morgan fingerprint density at radius 3 is 2.31 bits per heavy atom. The van der Waals surface area contributed by atoms with Crippen LogP contribution >= 0.6 is 0 Å². The average Bonchev–Trinajstić information content (AvgIpc) is 2.09. The molecule has 0 aliphatic rings. The Balaban J connectivity index is 3.32. The first-order valence-electron chi connectivity index (χ1n) is 4.57. The molecule has 1 aromatic rings. The van der Waals surface area contributed by atoms with Gasteiger partial charge in [0.05, 0.1) is 11.6 Å². The van der Waals surface area contributed by atoms with Crippen LogP contribution in [0.4, 0.5) is 0 Å². The van der Waals surface area contributed by atoms with Crippen molar-refractivity contribution in [2.75, 3.05) is 0 Å². The van der Waals surface area contributed by atoms with Crippen molar-refractivity contribution < 1.29 is 0 Å². The zero-order valence-electron chi connectivity index (χ0n) is 8.68. The van der Waals surface area contributed by atoms with Crippen molar-refractivity contribution in [3.8, 4) is 6.07 Å². The van der Waals surface area contributed by atoms with Gasteiger partial charge in [0.1, 0.15) is 0 Å². The van der Waals surface area contributed by atoms with Crippen molar-refractivity contribution in [3.63, 3.8) is 0 Å². The third kappa shape index (κ3) is 1.89. The maximum Gasteiger partial charge on any atom is 0.0994 e. The van der Waals surface area contributed by atoms with Crippen molar-refractivity contribution in [3.05, 3.63) is 34.4 Å². The molecule has 0 saturated carbocycles. The molecule has 0 fully saturated rings. The van der Waals surface area contributed by atoms with Gasteiger partial charge in [-0.05, 0) is 42.5 Å². The molecule has 0 aliphatic heterocycles. The number of hydrogen-bond acceptors (Lipinski definition) is 1. The van der Waals surface area contributed by atoms with E-state index in [1.807, 2.05) is 13.0 Å². The minimum atomic E-state index is 0.492. The Hall–Kier alpha value is -1.29.